The summed E-state index contributed by atoms with van der Waals surface area (Å²) in [5, 5.41) is 31.6. The third kappa shape index (κ3) is 3.25. The summed E-state index contributed by atoms with van der Waals surface area (Å²) in [4.78, 5) is 11.9. The van der Waals surface area contributed by atoms with Crippen LogP contribution in [0.3, 0.4) is 0 Å². The number of rotatable bonds is 6. The van der Waals surface area contributed by atoms with Crippen molar-refractivity contribution >= 4 is 27.1 Å². The Morgan fingerprint density at radius 1 is 1.25 bits per heavy atom. The summed E-state index contributed by atoms with van der Waals surface area (Å²) >= 11 is 0. The zero-order chi connectivity index (χ0) is 23.3. The first-order valence-electron chi connectivity index (χ1n) is 9.82. The van der Waals surface area contributed by atoms with Crippen LogP contribution < -0.4 is 5.73 Å². The minimum absolute atomic E-state index is 0.0713. The monoisotopic (exact) mass is 465 g/mol. The predicted molar refractivity (Wildman–Crippen MR) is 111 cm³/mol. The first-order valence-corrected chi connectivity index (χ1v) is 11.3. The average Bonchev–Trinajstić information content (AvgIpc) is 3.30. The second-order valence-corrected chi connectivity index (χ2v) is 8.94. The molecule has 1 unspecified atom stereocenters. The molecule has 1 aliphatic heterocycles. The SMILES string of the molecule is CCC(c1ccccc1S(=O)(=O)O)[C@@]1(n2cnc3c(N)ncnc32)O[C@H](CO)[C@@H](O)[C@H]1O. The van der Waals surface area contributed by atoms with Crippen LogP contribution in [-0.2, 0) is 20.6 Å². The van der Waals surface area contributed by atoms with E-state index in [1.807, 2.05) is 0 Å². The largest absolute Gasteiger partial charge is 0.394 e. The van der Waals surface area contributed by atoms with E-state index in [1.165, 1.54) is 35.4 Å². The van der Waals surface area contributed by atoms with Crippen LogP contribution in [0.25, 0.3) is 11.2 Å². The van der Waals surface area contributed by atoms with Crippen LogP contribution in [0.2, 0.25) is 0 Å². The topological polar surface area (TPSA) is 194 Å². The molecule has 0 amide bonds. The van der Waals surface area contributed by atoms with Gasteiger partial charge in [0.1, 0.15) is 30.2 Å². The Morgan fingerprint density at radius 2 is 1.97 bits per heavy atom. The molecular weight excluding hydrogens is 442 g/mol. The summed E-state index contributed by atoms with van der Waals surface area (Å²) in [5.41, 5.74) is 4.57. The van der Waals surface area contributed by atoms with E-state index >= 15 is 0 Å². The third-order valence-electron chi connectivity index (χ3n) is 5.87. The Labute approximate surface area is 183 Å². The van der Waals surface area contributed by atoms with Gasteiger partial charge in [-0.1, -0.05) is 25.1 Å². The van der Waals surface area contributed by atoms with Gasteiger partial charge < -0.3 is 25.8 Å². The van der Waals surface area contributed by atoms with E-state index < -0.39 is 46.7 Å². The van der Waals surface area contributed by atoms with Crippen molar-refractivity contribution in [1.82, 2.24) is 19.5 Å². The van der Waals surface area contributed by atoms with Crippen LogP contribution in [0, 0.1) is 0 Å². The molecule has 3 heterocycles. The van der Waals surface area contributed by atoms with Crippen molar-refractivity contribution in [3.8, 4) is 0 Å². The Bertz CT molecular complexity index is 1250. The van der Waals surface area contributed by atoms with E-state index in [0.717, 1.165) is 0 Å². The smallest absolute Gasteiger partial charge is 0.294 e. The Morgan fingerprint density at radius 3 is 2.59 bits per heavy atom. The van der Waals surface area contributed by atoms with Gasteiger partial charge in [-0.2, -0.15) is 8.42 Å². The van der Waals surface area contributed by atoms with Crippen LogP contribution in [-0.4, -0.2) is 72.7 Å². The molecule has 3 aromatic rings. The number of nitrogens with zero attached hydrogens (tertiary/aromatic N) is 4. The lowest BCUT2D eigenvalue weighted by atomic mass is 9.81. The summed E-state index contributed by atoms with van der Waals surface area (Å²) in [7, 11) is -4.63. The molecular formula is C19H23N5O7S. The highest BCUT2D eigenvalue weighted by Gasteiger charge is 2.60. The first-order chi connectivity index (χ1) is 15.2. The maximum atomic E-state index is 12.1. The highest BCUT2D eigenvalue weighted by molar-refractivity contribution is 7.85. The second kappa shape index (κ2) is 8.03. The lowest BCUT2D eigenvalue weighted by Gasteiger charge is -2.41. The molecule has 0 radical (unpaired) electrons. The number of aliphatic hydroxyl groups excluding tert-OH is 3. The lowest BCUT2D eigenvalue weighted by molar-refractivity contribution is -0.163. The minimum atomic E-state index is -4.63. The molecule has 0 bridgehead atoms. The molecule has 0 saturated carbocycles. The number of imidazole rings is 1. The van der Waals surface area contributed by atoms with Crippen molar-refractivity contribution in [2.45, 2.75) is 48.2 Å². The fourth-order valence-electron chi connectivity index (χ4n) is 4.48. The molecule has 13 heteroatoms. The fourth-order valence-corrected chi connectivity index (χ4v) is 5.24. The molecule has 1 aromatic carbocycles. The van der Waals surface area contributed by atoms with E-state index in [0.29, 0.717) is 0 Å². The Kier molecular flexibility index (Phi) is 5.65. The number of ether oxygens (including phenoxy) is 1. The predicted octanol–water partition coefficient (Wildman–Crippen LogP) is -0.385. The van der Waals surface area contributed by atoms with Crippen LogP contribution in [0.5, 0.6) is 0 Å². The summed E-state index contributed by atoms with van der Waals surface area (Å²) in [6.45, 7) is 1.12. The number of anilines is 1. The van der Waals surface area contributed by atoms with Gasteiger partial charge in [0.2, 0.25) is 0 Å². The Hall–Kier alpha value is -2.68. The highest BCUT2D eigenvalue weighted by atomic mass is 32.2. The van der Waals surface area contributed by atoms with Gasteiger partial charge in [-0.25, -0.2) is 15.0 Å². The summed E-state index contributed by atoms with van der Waals surface area (Å²) < 4.78 is 41.5. The zero-order valence-corrected chi connectivity index (χ0v) is 17.8. The fraction of sp³-hybridized carbons (Fsp3) is 0.421. The highest BCUT2D eigenvalue weighted by Crippen LogP contribution is 2.49. The molecule has 32 heavy (non-hydrogen) atoms. The van der Waals surface area contributed by atoms with Gasteiger partial charge in [0.25, 0.3) is 10.1 Å². The number of hydrogen-bond donors (Lipinski definition) is 5. The molecule has 0 aliphatic carbocycles. The van der Waals surface area contributed by atoms with Crippen LogP contribution in [0.15, 0.2) is 41.8 Å². The van der Waals surface area contributed by atoms with Gasteiger partial charge in [-0.3, -0.25) is 9.12 Å². The third-order valence-corrected chi connectivity index (χ3v) is 6.79. The summed E-state index contributed by atoms with van der Waals surface area (Å²) in [5.74, 6) is -0.863. The van der Waals surface area contributed by atoms with Gasteiger partial charge in [-0.15, -0.1) is 0 Å². The van der Waals surface area contributed by atoms with Crippen molar-refractivity contribution < 1.29 is 33.0 Å². The number of hydrogen-bond acceptors (Lipinski definition) is 10. The average molecular weight is 465 g/mol. The van der Waals surface area contributed by atoms with Crippen molar-refractivity contribution in [1.29, 1.82) is 0 Å². The number of nitrogen functional groups attached to an aromatic ring is 1. The van der Waals surface area contributed by atoms with E-state index in [4.69, 9.17) is 10.5 Å². The molecule has 2 aromatic heterocycles. The molecule has 12 nitrogen and oxygen atoms in total. The van der Waals surface area contributed by atoms with E-state index in [-0.39, 0.29) is 33.9 Å². The van der Waals surface area contributed by atoms with Gasteiger partial charge in [0, 0.05) is 5.92 Å². The quantitative estimate of drug-likeness (QED) is 0.298. The van der Waals surface area contributed by atoms with Crippen LogP contribution in [0.1, 0.15) is 24.8 Å². The van der Waals surface area contributed by atoms with Gasteiger partial charge >= 0.3 is 0 Å². The molecule has 1 fully saturated rings. The van der Waals surface area contributed by atoms with Gasteiger partial charge in [-0.05, 0) is 18.1 Å². The summed E-state index contributed by atoms with van der Waals surface area (Å²) in [6, 6.07) is 5.74. The number of aromatic nitrogens is 4. The van der Waals surface area contributed by atoms with Crippen molar-refractivity contribution in [3.63, 3.8) is 0 Å². The van der Waals surface area contributed by atoms with Gasteiger partial charge in [0.05, 0.1) is 17.8 Å². The maximum Gasteiger partial charge on any atom is 0.294 e. The van der Waals surface area contributed by atoms with E-state index in [1.54, 1.807) is 13.0 Å². The van der Waals surface area contributed by atoms with E-state index in [2.05, 4.69) is 15.0 Å². The second-order valence-electron chi connectivity index (χ2n) is 7.55. The number of nitrogens with two attached hydrogens (primary N) is 1. The molecule has 5 atom stereocenters. The number of aliphatic hydroxyl groups is 3. The number of fused-ring (bicyclic) bond motifs is 1. The number of benzene rings is 1. The standard InChI is InChI=1S/C19H23N5O7S/c1-2-11(10-5-3-4-6-13(10)32(28,29)30)19(16(27)15(26)12(7-25)31-19)24-9-23-14-17(20)21-8-22-18(14)24/h3-6,8-9,11-12,15-16,25-27H,2,7H2,1H3,(H2,20,21,22)(H,28,29,30)/t11?,12-,15-,16-,19-/m1/s1. The van der Waals surface area contributed by atoms with Crippen LogP contribution in [0.4, 0.5) is 5.82 Å². The molecule has 172 valence electrons. The summed E-state index contributed by atoms with van der Waals surface area (Å²) in [6.07, 6.45) is -1.64. The van der Waals surface area contributed by atoms with Crippen LogP contribution >= 0.6 is 0 Å². The Balaban J connectivity index is 2.05. The maximum absolute atomic E-state index is 12.1. The van der Waals surface area contributed by atoms with Crippen molar-refractivity contribution in [2.24, 2.45) is 0 Å². The van der Waals surface area contributed by atoms with Crippen molar-refractivity contribution in [3.05, 3.63) is 42.5 Å². The molecule has 0 spiro atoms. The molecule has 6 N–H and O–H groups in total. The first kappa shape index (κ1) is 22.5. The molecule has 1 saturated heterocycles. The zero-order valence-electron chi connectivity index (χ0n) is 17.0. The lowest BCUT2D eigenvalue weighted by Crippen LogP contribution is -2.50. The minimum Gasteiger partial charge on any atom is -0.394 e. The molecule has 4 rings (SSSR count). The van der Waals surface area contributed by atoms with Gasteiger partial charge in [0.15, 0.2) is 17.2 Å². The van der Waals surface area contributed by atoms with Crippen molar-refractivity contribution in [2.75, 3.05) is 12.3 Å². The molecule has 1 aliphatic rings. The van der Waals surface area contributed by atoms with E-state index in [9.17, 15) is 28.3 Å². The normalized spacial score (nSPS) is 27.1.